The molecule has 2 aromatic rings. The number of benzene rings is 2. The molecule has 1 aliphatic rings. The SMILES string of the molecule is CC(C)(C)c1cc(C=N[C@@H]2CCCC[C@H]2N=Cc2cc(C(C)(C)C)cc(C(C)(C)C)c2O)c(O)c(C(C)(C)C)c1.[F][Sb-]([F])([F])([F])([F])[F].[Mn]. The topological polar surface area (TPSA) is 65.2 Å². The third-order valence-corrected chi connectivity index (χ3v) is 8.13. The molecule has 0 unspecified atom stereocenters. The van der Waals surface area contributed by atoms with E-state index in [1.165, 1.54) is 11.1 Å². The summed E-state index contributed by atoms with van der Waals surface area (Å²) in [5.74, 6) is 0.637. The van der Waals surface area contributed by atoms with Gasteiger partial charge in [0.15, 0.2) is 0 Å². The Morgan fingerprint density at radius 2 is 0.833 bits per heavy atom. The van der Waals surface area contributed by atoms with Crippen molar-refractivity contribution < 1.29 is 44.2 Å². The molecule has 0 heterocycles. The molecule has 0 bridgehead atoms. The summed E-state index contributed by atoms with van der Waals surface area (Å²) in [6.07, 6.45) is 7.90. The molecular formula is C36H54F6MnN2O2Sb-. The van der Waals surface area contributed by atoms with E-state index in [2.05, 4.69) is 107 Å². The van der Waals surface area contributed by atoms with E-state index in [-0.39, 0.29) is 50.8 Å². The van der Waals surface area contributed by atoms with Crippen LogP contribution in [0.2, 0.25) is 0 Å². The van der Waals surface area contributed by atoms with Gasteiger partial charge in [-0.1, -0.05) is 108 Å². The van der Waals surface area contributed by atoms with Gasteiger partial charge >= 0.3 is 36.4 Å². The Kier molecular flexibility index (Phi) is 13.1. The first-order valence-corrected chi connectivity index (χ1v) is 21.8. The number of hydrogen-bond donors (Lipinski definition) is 2. The number of aromatic hydroxyl groups is 2. The van der Waals surface area contributed by atoms with E-state index < -0.39 is 19.5 Å². The zero-order chi connectivity index (χ0) is 36.7. The summed E-state index contributed by atoms with van der Waals surface area (Å²) >= 11 is -11.2. The number of phenolic OH excluding ortho intramolecular Hbond substituents is 2. The molecule has 1 saturated carbocycles. The van der Waals surface area contributed by atoms with Crippen molar-refractivity contribution in [2.75, 3.05) is 0 Å². The monoisotopic (exact) mass is 836 g/mol. The molecule has 0 aliphatic heterocycles. The van der Waals surface area contributed by atoms with Gasteiger partial charge in [-0.25, -0.2) is 0 Å². The maximum Gasteiger partial charge on any atom is 0 e. The molecule has 1 aliphatic carbocycles. The quantitative estimate of drug-likeness (QED) is 0.183. The molecule has 12 heteroatoms. The maximum atomic E-state index is 11.2. The number of phenols is 2. The van der Waals surface area contributed by atoms with Crippen LogP contribution in [0.1, 0.15) is 142 Å². The van der Waals surface area contributed by atoms with E-state index in [9.17, 15) is 27.1 Å². The standard InChI is InChI=1S/C36H54N2O2.6FH.Mn.Sb/c1-33(2,3)25-17-23(31(39)27(19-25)35(7,8)9)21-37-29-15-13-14-16-30(29)38-22-24-18-26(34(4,5)6)20-28(32(24)40)36(10,11)12;;;;;;;;/h17-22,29-30,39-40H,13-16H2,1-12H3;6*1H;;/q;;;;;;;;+5/p-6/t29-,30-;;;;;;;;/m1......../s1. The third-order valence-electron chi connectivity index (χ3n) is 8.13. The minimum atomic E-state index is -11.2. The number of nitrogens with zero attached hydrogens (tertiary/aromatic N) is 2. The summed E-state index contributed by atoms with van der Waals surface area (Å²) in [6, 6.07) is 8.53. The minimum Gasteiger partial charge on any atom is 0 e. The summed E-state index contributed by atoms with van der Waals surface area (Å²) in [5, 5.41) is 22.5. The Balaban J connectivity index is 0.00000130. The molecule has 3 rings (SSSR count). The molecule has 2 N–H and O–H groups in total. The van der Waals surface area contributed by atoms with E-state index in [1.807, 2.05) is 12.4 Å². The molecule has 0 spiro atoms. The van der Waals surface area contributed by atoms with Gasteiger partial charge in [-0.2, -0.15) is 0 Å². The average Bonchev–Trinajstić information content (AvgIpc) is 2.83. The van der Waals surface area contributed by atoms with Crippen LogP contribution in [0.5, 0.6) is 11.5 Å². The maximum absolute atomic E-state index is 11.2. The molecule has 1 fully saturated rings. The fraction of sp³-hybridized carbons (Fsp3) is 0.611. The fourth-order valence-corrected chi connectivity index (χ4v) is 5.31. The second-order valence-electron chi connectivity index (χ2n) is 16.9. The molecule has 1 radical (unpaired) electrons. The van der Waals surface area contributed by atoms with Crippen LogP contribution in [0.4, 0.5) is 16.9 Å². The molecule has 0 saturated heterocycles. The Hall–Kier alpha value is -1.70. The summed E-state index contributed by atoms with van der Waals surface area (Å²) < 4.78 is 59.6. The van der Waals surface area contributed by atoms with E-state index >= 15 is 0 Å². The molecular weight excluding hydrogens is 783 g/mol. The summed E-state index contributed by atoms with van der Waals surface area (Å²) in [6.45, 7) is 26.0. The third kappa shape index (κ3) is 14.6. The summed E-state index contributed by atoms with van der Waals surface area (Å²) in [4.78, 5) is 10.1. The average molecular weight is 838 g/mol. The number of halogens is 6. The van der Waals surface area contributed by atoms with Gasteiger partial charge in [0.2, 0.25) is 0 Å². The van der Waals surface area contributed by atoms with Gasteiger partial charge in [0.05, 0.1) is 12.1 Å². The van der Waals surface area contributed by atoms with Gasteiger partial charge in [0, 0.05) is 51.8 Å². The number of aliphatic imine (C=N–C) groups is 2. The van der Waals surface area contributed by atoms with Crippen molar-refractivity contribution in [3.63, 3.8) is 0 Å². The first-order valence-electron chi connectivity index (χ1n) is 16.0. The second kappa shape index (κ2) is 14.1. The smallest absolute Gasteiger partial charge is 0 e. The van der Waals surface area contributed by atoms with Crippen molar-refractivity contribution in [2.24, 2.45) is 9.98 Å². The van der Waals surface area contributed by atoms with Crippen LogP contribution in [-0.2, 0) is 38.7 Å². The summed E-state index contributed by atoms with van der Waals surface area (Å²) in [7, 11) is 0. The molecule has 0 aromatic heterocycles. The van der Waals surface area contributed by atoms with Gasteiger partial charge in [-0.3, -0.25) is 9.98 Å². The fourth-order valence-electron chi connectivity index (χ4n) is 5.31. The van der Waals surface area contributed by atoms with Crippen molar-refractivity contribution in [3.8, 4) is 11.5 Å². The zero-order valence-electron chi connectivity index (χ0n) is 30.3. The van der Waals surface area contributed by atoms with Gasteiger partial charge in [0.25, 0.3) is 0 Å². The van der Waals surface area contributed by atoms with E-state index in [4.69, 9.17) is 9.98 Å². The van der Waals surface area contributed by atoms with E-state index in [0.29, 0.717) is 11.5 Å². The normalized spacial score (nSPS) is 19.7. The van der Waals surface area contributed by atoms with Crippen LogP contribution in [0.15, 0.2) is 34.3 Å². The first kappa shape index (κ1) is 44.3. The largest absolute Gasteiger partial charge is 0 e. The van der Waals surface area contributed by atoms with Gasteiger partial charge in [0.1, 0.15) is 11.5 Å². The molecule has 0 amide bonds. The predicted octanol–water partition coefficient (Wildman–Crippen LogP) is 11.3. The number of hydrogen-bond acceptors (Lipinski definition) is 4. The molecule has 2 aromatic carbocycles. The van der Waals surface area contributed by atoms with Crippen molar-refractivity contribution in [1.82, 2.24) is 0 Å². The Bertz CT molecular complexity index is 1390. The Morgan fingerprint density at radius 3 is 1.06 bits per heavy atom. The Labute approximate surface area is 296 Å². The molecule has 48 heavy (non-hydrogen) atoms. The first-order chi connectivity index (χ1) is 20.6. The molecule has 2 atom stereocenters. The van der Waals surface area contributed by atoms with Crippen LogP contribution < -0.4 is 0 Å². The molecule has 275 valence electrons. The minimum absolute atomic E-state index is 0. The van der Waals surface area contributed by atoms with Crippen molar-refractivity contribution >= 4 is 31.9 Å². The van der Waals surface area contributed by atoms with Crippen LogP contribution >= 0.6 is 0 Å². The predicted molar refractivity (Wildman–Crippen MR) is 185 cm³/mol. The van der Waals surface area contributed by atoms with E-state index in [1.54, 1.807) is 0 Å². The summed E-state index contributed by atoms with van der Waals surface area (Å²) in [5.41, 5.74) is 5.39. The van der Waals surface area contributed by atoms with E-state index in [0.717, 1.165) is 47.9 Å². The van der Waals surface area contributed by atoms with Gasteiger partial charge in [-0.05, 0) is 57.8 Å². The van der Waals surface area contributed by atoms with Crippen LogP contribution in [0, 0.1) is 0 Å². The van der Waals surface area contributed by atoms with Crippen molar-refractivity contribution in [2.45, 2.75) is 143 Å². The second-order valence-corrected chi connectivity index (χ2v) is 22.3. The van der Waals surface area contributed by atoms with Crippen molar-refractivity contribution in [3.05, 3.63) is 57.6 Å². The zero-order valence-corrected chi connectivity index (χ0v) is 34.1. The van der Waals surface area contributed by atoms with Crippen LogP contribution in [-0.4, -0.2) is 54.2 Å². The van der Waals surface area contributed by atoms with Gasteiger partial charge < -0.3 is 10.2 Å². The Morgan fingerprint density at radius 1 is 0.562 bits per heavy atom. The molecule has 4 nitrogen and oxygen atoms in total. The van der Waals surface area contributed by atoms with Crippen LogP contribution in [0.3, 0.4) is 0 Å². The van der Waals surface area contributed by atoms with Crippen molar-refractivity contribution in [1.29, 1.82) is 0 Å². The number of rotatable bonds is 4. The van der Waals surface area contributed by atoms with Crippen LogP contribution in [0.25, 0.3) is 0 Å². The van der Waals surface area contributed by atoms with Gasteiger partial charge in [-0.15, -0.1) is 0 Å².